The van der Waals surface area contributed by atoms with Crippen LogP contribution in [0, 0.1) is 0 Å². The predicted molar refractivity (Wildman–Crippen MR) is 87.3 cm³/mol. The molecule has 0 radical (unpaired) electrons. The van der Waals surface area contributed by atoms with Crippen LogP contribution >= 0.6 is 0 Å². The van der Waals surface area contributed by atoms with E-state index in [2.05, 4.69) is 10.3 Å². The summed E-state index contributed by atoms with van der Waals surface area (Å²) in [4.78, 5) is 16.3. The van der Waals surface area contributed by atoms with E-state index in [0.717, 1.165) is 22.7 Å². The zero-order valence-electron chi connectivity index (χ0n) is 13.7. The fourth-order valence-electron chi connectivity index (χ4n) is 3.38. The van der Waals surface area contributed by atoms with Crippen LogP contribution in [-0.4, -0.2) is 15.5 Å². The highest BCUT2D eigenvalue weighted by molar-refractivity contribution is 5.84. The number of furan rings is 1. The maximum absolute atomic E-state index is 12.9. The minimum atomic E-state index is -4.51. The highest BCUT2D eigenvalue weighted by Gasteiger charge is 2.38. The minimum absolute atomic E-state index is 0.183. The standard InChI is InChI=1S/C18H16F3N3O2/c19-18(20,21)15-10-24-7-2-4-13(16(24)23-15)17(25)22-9-11-3-1-5-14-12(11)6-8-26-14/h1,3,5-6,8,10,13H,2,4,7,9H2,(H,22,25). The summed E-state index contributed by atoms with van der Waals surface area (Å²) in [6.07, 6.45) is -0.831. The van der Waals surface area contributed by atoms with Gasteiger partial charge in [0.1, 0.15) is 11.4 Å². The monoisotopic (exact) mass is 363 g/mol. The van der Waals surface area contributed by atoms with Gasteiger partial charge in [0.2, 0.25) is 5.91 Å². The Hall–Kier alpha value is -2.77. The third-order valence-electron chi connectivity index (χ3n) is 4.66. The van der Waals surface area contributed by atoms with Crippen LogP contribution in [0.15, 0.2) is 41.1 Å². The van der Waals surface area contributed by atoms with Crippen molar-refractivity contribution in [1.82, 2.24) is 14.9 Å². The fraction of sp³-hybridized carbons (Fsp3) is 0.333. The molecular formula is C18H16F3N3O2. The summed E-state index contributed by atoms with van der Waals surface area (Å²) in [6.45, 7) is 0.718. The van der Waals surface area contributed by atoms with Crippen molar-refractivity contribution in [2.45, 2.75) is 38.0 Å². The van der Waals surface area contributed by atoms with E-state index in [1.54, 1.807) is 6.26 Å². The number of aryl methyl sites for hydroxylation is 1. The quantitative estimate of drug-likeness (QED) is 0.769. The third-order valence-corrected chi connectivity index (χ3v) is 4.66. The second kappa shape index (κ2) is 6.19. The highest BCUT2D eigenvalue weighted by atomic mass is 19.4. The average molecular weight is 363 g/mol. The van der Waals surface area contributed by atoms with Crippen molar-refractivity contribution >= 4 is 16.9 Å². The number of alkyl halides is 3. The Bertz CT molecular complexity index is 958. The number of carbonyl (C=O) groups excluding carboxylic acids is 1. The molecule has 1 aliphatic heterocycles. The van der Waals surface area contributed by atoms with Crippen LogP contribution < -0.4 is 5.32 Å². The van der Waals surface area contributed by atoms with Gasteiger partial charge >= 0.3 is 6.18 Å². The second-order valence-electron chi connectivity index (χ2n) is 6.34. The molecule has 0 saturated carbocycles. The van der Waals surface area contributed by atoms with Crippen molar-refractivity contribution in [3.63, 3.8) is 0 Å². The molecule has 3 heterocycles. The largest absolute Gasteiger partial charge is 0.464 e. The van der Waals surface area contributed by atoms with Gasteiger partial charge in [-0.15, -0.1) is 0 Å². The Morgan fingerprint density at radius 1 is 1.35 bits per heavy atom. The molecule has 26 heavy (non-hydrogen) atoms. The van der Waals surface area contributed by atoms with E-state index >= 15 is 0 Å². The molecule has 1 aromatic carbocycles. The number of amides is 1. The molecule has 1 atom stereocenters. The molecule has 0 aliphatic carbocycles. The van der Waals surface area contributed by atoms with Crippen LogP contribution in [0.4, 0.5) is 13.2 Å². The molecule has 8 heteroatoms. The highest BCUT2D eigenvalue weighted by Crippen LogP contribution is 2.33. The lowest BCUT2D eigenvalue weighted by Crippen LogP contribution is -2.32. The fourth-order valence-corrected chi connectivity index (χ4v) is 3.38. The molecule has 136 valence electrons. The molecule has 2 aromatic heterocycles. The Morgan fingerprint density at radius 2 is 2.19 bits per heavy atom. The molecule has 1 N–H and O–H groups in total. The maximum Gasteiger partial charge on any atom is 0.434 e. The summed E-state index contributed by atoms with van der Waals surface area (Å²) in [5.74, 6) is -0.809. The summed E-state index contributed by atoms with van der Waals surface area (Å²) < 4.78 is 45.5. The number of nitrogens with one attached hydrogen (secondary N) is 1. The van der Waals surface area contributed by atoms with Crippen molar-refractivity contribution in [3.8, 4) is 0 Å². The molecule has 0 saturated heterocycles. The zero-order chi connectivity index (χ0) is 18.3. The maximum atomic E-state index is 12.9. The Labute approximate surface area is 146 Å². The minimum Gasteiger partial charge on any atom is -0.464 e. The van der Waals surface area contributed by atoms with Gasteiger partial charge in [-0.1, -0.05) is 12.1 Å². The van der Waals surface area contributed by atoms with Gasteiger partial charge in [0.25, 0.3) is 0 Å². The molecule has 0 fully saturated rings. The third kappa shape index (κ3) is 2.95. The number of carbonyl (C=O) groups is 1. The summed E-state index contributed by atoms with van der Waals surface area (Å²) in [6, 6.07) is 7.36. The Kier molecular flexibility index (Phi) is 3.97. The first-order chi connectivity index (χ1) is 12.4. The summed E-state index contributed by atoms with van der Waals surface area (Å²) in [7, 11) is 0. The Morgan fingerprint density at radius 3 is 3.00 bits per heavy atom. The van der Waals surface area contributed by atoms with Gasteiger partial charge in [-0.25, -0.2) is 4.98 Å². The van der Waals surface area contributed by atoms with Gasteiger partial charge in [-0.3, -0.25) is 4.79 Å². The molecule has 5 nitrogen and oxygen atoms in total. The first-order valence-corrected chi connectivity index (χ1v) is 8.30. The number of hydrogen-bond acceptors (Lipinski definition) is 3. The molecule has 0 spiro atoms. The molecule has 4 rings (SSSR count). The van der Waals surface area contributed by atoms with Gasteiger partial charge in [0.15, 0.2) is 5.69 Å². The van der Waals surface area contributed by atoms with E-state index in [1.807, 2.05) is 24.3 Å². The summed E-state index contributed by atoms with van der Waals surface area (Å²) >= 11 is 0. The van der Waals surface area contributed by atoms with Crippen LogP contribution in [-0.2, 0) is 24.1 Å². The van der Waals surface area contributed by atoms with Crippen molar-refractivity contribution in [2.24, 2.45) is 0 Å². The molecular weight excluding hydrogens is 347 g/mol. The van der Waals surface area contributed by atoms with E-state index in [9.17, 15) is 18.0 Å². The summed E-state index contributed by atoms with van der Waals surface area (Å²) in [5.41, 5.74) is 0.662. The van der Waals surface area contributed by atoms with Crippen LogP contribution in [0.5, 0.6) is 0 Å². The lowest BCUT2D eigenvalue weighted by atomic mass is 9.98. The lowest BCUT2D eigenvalue weighted by Gasteiger charge is -2.22. The first-order valence-electron chi connectivity index (χ1n) is 8.30. The van der Waals surface area contributed by atoms with E-state index in [4.69, 9.17) is 4.42 Å². The number of halogens is 3. The van der Waals surface area contributed by atoms with Crippen LogP contribution in [0.2, 0.25) is 0 Å². The number of nitrogens with zero attached hydrogens (tertiary/aromatic N) is 2. The van der Waals surface area contributed by atoms with Crippen molar-refractivity contribution in [2.75, 3.05) is 0 Å². The number of hydrogen-bond donors (Lipinski definition) is 1. The van der Waals surface area contributed by atoms with Crippen molar-refractivity contribution in [3.05, 3.63) is 53.8 Å². The van der Waals surface area contributed by atoms with Crippen LogP contribution in [0.3, 0.4) is 0 Å². The molecule has 0 bridgehead atoms. The van der Waals surface area contributed by atoms with E-state index < -0.39 is 17.8 Å². The smallest absolute Gasteiger partial charge is 0.434 e. The number of rotatable bonds is 3. The SMILES string of the molecule is O=C(NCc1cccc2occc12)C1CCCn2cc(C(F)(F)F)nc21. The summed E-state index contributed by atoms with van der Waals surface area (Å²) in [5, 5.41) is 3.72. The van der Waals surface area contributed by atoms with Crippen molar-refractivity contribution in [1.29, 1.82) is 0 Å². The first kappa shape index (κ1) is 16.7. The number of imidazole rings is 1. The Balaban J connectivity index is 1.53. The average Bonchev–Trinajstić information content (AvgIpc) is 3.25. The number of benzene rings is 1. The number of fused-ring (bicyclic) bond motifs is 2. The van der Waals surface area contributed by atoms with Gasteiger partial charge in [-0.2, -0.15) is 13.2 Å². The van der Waals surface area contributed by atoms with Gasteiger partial charge in [0, 0.05) is 24.7 Å². The lowest BCUT2D eigenvalue weighted by molar-refractivity contribution is -0.141. The van der Waals surface area contributed by atoms with Crippen molar-refractivity contribution < 1.29 is 22.4 Å². The zero-order valence-corrected chi connectivity index (χ0v) is 13.7. The van der Waals surface area contributed by atoms with Gasteiger partial charge in [-0.05, 0) is 30.5 Å². The molecule has 1 unspecified atom stereocenters. The van der Waals surface area contributed by atoms with E-state index in [0.29, 0.717) is 19.4 Å². The molecule has 1 amide bonds. The van der Waals surface area contributed by atoms with Gasteiger partial charge in [0.05, 0.1) is 12.2 Å². The van der Waals surface area contributed by atoms with E-state index in [1.165, 1.54) is 4.57 Å². The second-order valence-corrected chi connectivity index (χ2v) is 6.34. The number of aromatic nitrogens is 2. The van der Waals surface area contributed by atoms with Crippen LogP contribution in [0.25, 0.3) is 11.0 Å². The van der Waals surface area contributed by atoms with Gasteiger partial charge < -0.3 is 14.3 Å². The van der Waals surface area contributed by atoms with E-state index in [-0.39, 0.29) is 18.3 Å². The predicted octanol–water partition coefficient (Wildman–Crippen LogP) is 3.84. The molecule has 3 aromatic rings. The molecule has 1 aliphatic rings. The van der Waals surface area contributed by atoms with Crippen LogP contribution in [0.1, 0.15) is 35.8 Å². The normalized spacial score (nSPS) is 17.3. The topological polar surface area (TPSA) is 60.1 Å².